The molecule has 6 nitrogen and oxygen atoms in total. The molecule has 0 aliphatic carbocycles. The molecule has 0 amide bonds. The van der Waals surface area contributed by atoms with E-state index in [1.165, 1.54) is 289 Å². The predicted octanol–water partition coefficient (Wildman–Crippen LogP) is 23.8. The minimum absolute atomic E-state index is 0.0694. The average molecular weight is 1080 g/mol. The van der Waals surface area contributed by atoms with Gasteiger partial charge in [0, 0.05) is 19.3 Å². The van der Waals surface area contributed by atoms with E-state index < -0.39 is 6.10 Å². The van der Waals surface area contributed by atoms with Gasteiger partial charge in [-0.05, 0) is 70.6 Å². The van der Waals surface area contributed by atoms with Gasteiger partial charge in [-0.1, -0.05) is 328 Å². The van der Waals surface area contributed by atoms with Crippen LogP contribution >= 0.6 is 0 Å². The highest BCUT2D eigenvalue weighted by molar-refractivity contribution is 5.71. The molecule has 0 saturated carbocycles. The number of carbonyl (C=O) groups excluding carboxylic acids is 3. The zero-order chi connectivity index (χ0) is 55.7. The third-order valence-electron chi connectivity index (χ3n) is 15.9. The fourth-order valence-electron chi connectivity index (χ4n) is 10.7. The summed E-state index contributed by atoms with van der Waals surface area (Å²) in [6.07, 6.45) is 80.6. The maximum Gasteiger partial charge on any atom is 0.306 e. The molecule has 1 atom stereocenters. The zero-order valence-corrected chi connectivity index (χ0v) is 52.3. The summed E-state index contributed by atoms with van der Waals surface area (Å²) in [5.41, 5.74) is 0. The molecule has 6 heteroatoms. The monoisotopic (exact) mass is 1080 g/mol. The van der Waals surface area contributed by atoms with Crippen molar-refractivity contribution in [2.75, 3.05) is 13.2 Å². The molecule has 0 rings (SSSR count). The van der Waals surface area contributed by atoms with Crippen LogP contribution in [0.15, 0.2) is 24.3 Å². The topological polar surface area (TPSA) is 78.9 Å². The van der Waals surface area contributed by atoms with Crippen LogP contribution in [-0.2, 0) is 28.6 Å². The summed E-state index contributed by atoms with van der Waals surface area (Å²) in [7, 11) is 0. The third-order valence-corrected chi connectivity index (χ3v) is 15.9. The Morgan fingerprint density at radius 2 is 0.429 bits per heavy atom. The first-order valence-corrected chi connectivity index (χ1v) is 34.8. The van der Waals surface area contributed by atoms with Crippen molar-refractivity contribution >= 4 is 17.9 Å². The highest BCUT2D eigenvalue weighted by atomic mass is 16.6. The van der Waals surface area contributed by atoms with E-state index in [1.54, 1.807) is 0 Å². The van der Waals surface area contributed by atoms with Crippen molar-refractivity contribution in [1.29, 1.82) is 0 Å². The summed E-state index contributed by atoms with van der Waals surface area (Å²) >= 11 is 0. The minimum atomic E-state index is -0.774. The second-order valence-electron chi connectivity index (χ2n) is 23.8. The van der Waals surface area contributed by atoms with Gasteiger partial charge in [-0.25, -0.2) is 0 Å². The largest absolute Gasteiger partial charge is 0.462 e. The average Bonchev–Trinajstić information content (AvgIpc) is 3.43. The lowest BCUT2D eigenvalue weighted by Crippen LogP contribution is -2.30. The van der Waals surface area contributed by atoms with Gasteiger partial charge in [0.1, 0.15) is 13.2 Å². The van der Waals surface area contributed by atoms with Crippen LogP contribution in [0.25, 0.3) is 0 Å². The summed E-state index contributed by atoms with van der Waals surface area (Å²) in [6.45, 7) is 6.69. The van der Waals surface area contributed by atoms with E-state index in [9.17, 15) is 14.4 Å². The van der Waals surface area contributed by atoms with Crippen molar-refractivity contribution < 1.29 is 28.6 Å². The van der Waals surface area contributed by atoms with Crippen molar-refractivity contribution in [2.24, 2.45) is 0 Å². The van der Waals surface area contributed by atoms with Crippen molar-refractivity contribution in [2.45, 2.75) is 399 Å². The number of hydrogen-bond donors (Lipinski definition) is 0. The van der Waals surface area contributed by atoms with E-state index in [1.807, 2.05) is 0 Å². The maximum atomic E-state index is 12.9. The number of esters is 3. The molecule has 0 spiro atoms. The lowest BCUT2D eigenvalue weighted by atomic mass is 10.0. The number of ether oxygens (including phenoxy) is 3. The molecule has 0 bridgehead atoms. The summed E-state index contributed by atoms with van der Waals surface area (Å²) in [5, 5.41) is 0. The van der Waals surface area contributed by atoms with Crippen LogP contribution in [0.4, 0.5) is 0 Å². The lowest BCUT2D eigenvalue weighted by Gasteiger charge is -2.18. The molecule has 1 unspecified atom stereocenters. The Labute approximate surface area is 481 Å². The van der Waals surface area contributed by atoms with E-state index in [0.717, 1.165) is 64.2 Å². The molecule has 0 fully saturated rings. The van der Waals surface area contributed by atoms with E-state index in [2.05, 4.69) is 45.1 Å². The van der Waals surface area contributed by atoms with Crippen LogP contribution in [0.1, 0.15) is 393 Å². The molecule has 0 aromatic carbocycles. The minimum Gasteiger partial charge on any atom is -0.462 e. The van der Waals surface area contributed by atoms with Crippen molar-refractivity contribution in [3.63, 3.8) is 0 Å². The quantitative estimate of drug-likeness (QED) is 0.0261. The molecular weight excluding hydrogens is 949 g/mol. The first kappa shape index (κ1) is 74.9. The van der Waals surface area contributed by atoms with Crippen LogP contribution in [0, 0.1) is 0 Å². The van der Waals surface area contributed by atoms with Gasteiger partial charge in [0.15, 0.2) is 6.10 Å². The first-order valence-electron chi connectivity index (χ1n) is 34.8. The molecule has 77 heavy (non-hydrogen) atoms. The Hall–Kier alpha value is -2.11. The van der Waals surface area contributed by atoms with Gasteiger partial charge in [-0.15, -0.1) is 0 Å². The normalized spacial score (nSPS) is 12.1. The van der Waals surface area contributed by atoms with Gasteiger partial charge in [0.05, 0.1) is 0 Å². The van der Waals surface area contributed by atoms with Gasteiger partial charge >= 0.3 is 17.9 Å². The fraction of sp³-hybridized carbons (Fsp3) is 0.901. The molecule has 0 saturated heterocycles. The molecule has 0 heterocycles. The van der Waals surface area contributed by atoms with Gasteiger partial charge in [-0.2, -0.15) is 0 Å². The Morgan fingerprint density at radius 1 is 0.247 bits per heavy atom. The molecule has 0 aliphatic heterocycles. The predicted molar refractivity (Wildman–Crippen MR) is 335 cm³/mol. The second-order valence-corrected chi connectivity index (χ2v) is 23.8. The molecule has 0 aliphatic rings. The smallest absolute Gasteiger partial charge is 0.306 e. The van der Waals surface area contributed by atoms with Crippen molar-refractivity contribution in [3.8, 4) is 0 Å². The number of allylic oxidation sites excluding steroid dienone is 4. The highest BCUT2D eigenvalue weighted by Gasteiger charge is 2.19. The first-order chi connectivity index (χ1) is 38.0. The molecular formula is C71H134O6. The number of carbonyl (C=O) groups is 3. The molecule has 0 N–H and O–H groups in total. The van der Waals surface area contributed by atoms with Crippen LogP contribution in [-0.4, -0.2) is 37.2 Å². The number of hydrogen-bond acceptors (Lipinski definition) is 6. The SMILES string of the molecule is CCCCCC/C=C\CCCCCCCC(=O)OCC(COC(=O)CCCCCCCCCCCCCCCCCCCCCCCCCCC)OC(=O)CCCCCCCCCCC/C=C\CCCCCCCCCC. The van der Waals surface area contributed by atoms with Gasteiger partial charge in [0.25, 0.3) is 0 Å². The lowest BCUT2D eigenvalue weighted by molar-refractivity contribution is -0.167. The molecule has 0 aromatic heterocycles. The summed E-state index contributed by atoms with van der Waals surface area (Å²) in [6, 6.07) is 0. The Balaban J connectivity index is 4.22. The summed E-state index contributed by atoms with van der Waals surface area (Å²) in [5.74, 6) is -0.851. The Morgan fingerprint density at radius 3 is 0.662 bits per heavy atom. The summed E-state index contributed by atoms with van der Waals surface area (Å²) in [4.78, 5) is 38.4. The van der Waals surface area contributed by atoms with Crippen LogP contribution < -0.4 is 0 Å². The zero-order valence-electron chi connectivity index (χ0n) is 52.3. The van der Waals surface area contributed by atoms with Gasteiger partial charge in [0.2, 0.25) is 0 Å². The highest BCUT2D eigenvalue weighted by Crippen LogP contribution is 2.18. The van der Waals surface area contributed by atoms with Crippen molar-refractivity contribution in [1.82, 2.24) is 0 Å². The summed E-state index contributed by atoms with van der Waals surface area (Å²) < 4.78 is 17.0. The van der Waals surface area contributed by atoms with Crippen LogP contribution in [0.5, 0.6) is 0 Å². The number of unbranched alkanes of at least 4 members (excludes halogenated alkanes) is 50. The van der Waals surface area contributed by atoms with E-state index in [-0.39, 0.29) is 31.1 Å². The second kappa shape index (κ2) is 66.4. The van der Waals surface area contributed by atoms with Crippen molar-refractivity contribution in [3.05, 3.63) is 24.3 Å². The fourth-order valence-corrected chi connectivity index (χ4v) is 10.7. The number of rotatable bonds is 65. The van der Waals surface area contributed by atoms with Crippen LogP contribution in [0.2, 0.25) is 0 Å². The van der Waals surface area contributed by atoms with E-state index in [4.69, 9.17) is 14.2 Å². The van der Waals surface area contributed by atoms with Gasteiger partial charge < -0.3 is 14.2 Å². The molecule has 0 radical (unpaired) electrons. The standard InChI is InChI=1S/C71H134O6/c1-4-7-10-13-16-19-22-25-27-29-31-33-34-35-36-38-39-41-43-46-49-52-55-58-61-64-70(73)76-67-68(66-75-69(72)63-60-57-54-51-48-45-24-21-18-15-12-9-6-3)77-71(74)65-62-59-56-53-50-47-44-42-40-37-32-30-28-26-23-20-17-14-11-8-5-2/h21,24,30,32,68H,4-20,22-23,25-29,31,33-67H2,1-3H3/b24-21-,32-30-. The van der Waals surface area contributed by atoms with E-state index >= 15 is 0 Å². The molecule has 0 aromatic rings. The third kappa shape index (κ3) is 64.6. The molecule has 454 valence electrons. The van der Waals surface area contributed by atoms with Crippen LogP contribution in [0.3, 0.4) is 0 Å². The van der Waals surface area contributed by atoms with E-state index in [0.29, 0.717) is 19.3 Å². The maximum absolute atomic E-state index is 12.9. The van der Waals surface area contributed by atoms with Gasteiger partial charge in [-0.3, -0.25) is 14.4 Å². The Kier molecular flexibility index (Phi) is 64.6. The Bertz CT molecular complexity index is 1240.